The maximum Gasteiger partial charge on any atom is 0.257 e. The molecule has 0 aliphatic carbocycles. The summed E-state index contributed by atoms with van der Waals surface area (Å²) in [4.78, 5) is 25.9. The molecule has 0 aliphatic heterocycles. The third-order valence-corrected chi connectivity index (χ3v) is 4.59. The van der Waals surface area contributed by atoms with Crippen LogP contribution in [0, 0.1) is 11.3 Å². The van der Waals surface area contributed by atoms with Crippen molar-refractivity contribution >= 4 is 17.9 Å². The Hall–Kier alpha value is -4.37. The second-order valence-electron chi connectivity index (χ2n) is 6.88. The maximum atomic E-state index is 13.0. The van der Waals surface area contributed by atoms with Crippen LogP contribution in [0.5, 0.6) is 5.75 Å². The predicted octanol–water partition coefficient (Wildman–Crippen LogP) is 3.61. The van der Waals surface area contributed by atoms with E-state index < -0.39 is 11.8 Å². The molecule has 0 aromatic heterocycles. The molecule has 0 radical (unpaired) electrons. The van der Waals surface area contributed by atoms with Crippen molar-refractivity contribution in [1.82, 2.24) is 10.6 Å². The fraction of sp³-hybridized carbons (Fsp3) is 0.115. The zero-order valence-electron chi connectivity index (χ0n) is 17.5. The van der Waals surface area contributed by atoms with Crippen molar-refractivity contribution in [1.29, 1.82) is 5.26 Å². The van der Waals surface area contributed by atoms with Gasteiger partial charge in [0.25, 0.3) is 11.8 Å². The molecule has 3 rings (SSSR count). The van der Waals surface area contributed by atoms with Crippen LogP contribution in [0.15, 0.2) is 90.5 Å². The first-order valence-electron chi connectivity index (χ1n) is 10.1. The Bertz CT molecular complexity index is 1060. The van der Waals surface area contributed by atoms with E-state index in [2.05, 4.69) is 10.6 Å². The fourth-order valence-corrected chi connectivity index (χ4v) is 2.98. The molecule has 0 saturated carbocycles. The Morgan fingerprint density at radius 1 is 0.781 bits per heavy atom. The highest BCUT2D eigenvalue weighted by atomic mass is 16.5. The summed E-state index contributed by atoms with van der Waals surface area (Å²) in [6.45, 7) is 0.436. The van der Waals surface area contributed by atoms with Crippen molar-refractivity contribution in [2.45, 2.75) is 13.1 Å². The number of ether oxygens (including phenoxy) is 1. The van der Waals surface area contributed by atoms with Gasteiger partial charge in [0.1, 0.15) is 17.4 Å². The predicted molar refractivity (Wildman–Crippen MR) is 122 cm³/mol. The van der Waals surface area contributed by atoms with E-state index in [9.17, 15) is 9.59 Å². The van der Waals surface area contributed by atoms with Gasteiger partial charge in [-0.15, -0.1) is 0 Å². The highest BCUT2D eigenvalue weighted by Crippen LogP contribution is 2.21. The number of hydrogen-bond acceptors (Lipinski definition) is 4. The number of rotatable bonds is 9. The second-order valence-corrected chi connectivity index (χ2v) is 6.88. The minimum absolute atomic E-state index is 0.0510. The highest BCUT2D eigenvalue weighted by molar-refractivity contribution is 6.21. The lowest BCUT2D eigenvalue weighted by molar-refractivity contribution is -0.123. The number of carbonyl (C=O) groups excluding carboxylic acids is 2. The lowest BCUT2D eigenvalue weighted by atomic mass is 10.1. The zero-order valence-corrected chi connectivity index (χ0v) is 17.5. The van der Waals surface area contributed by atoms with Crippen LogP contribution in [-0.4, -0.2) is 18.4 Å². The highest BCUT2D eigenvalue weighted by Gasteiger charge is 2.19. The van der Waals surface area contributed by atoms with Crippen LogP contribution >= 0.6 is 0 Å². The lowest BCUT2D eigenvalue weighted by Gasteiger charge is -2.12. The van der Waals surface area contributed by atoms with E-state index in [4.69, 9.17) is 10.00 Å². The van der Waals surface area contributed by atoms with Crippen LogP contribution in [0.3, 0.4) is 0 Å². The fourth-order valence-electron chi connectivity index (χ4n) is 2.98. The Morgan fingerprint density at radius 2 is 1.28 bits per heavy atom. The van der Waals surface area contributed by atoms with Crippen molar-refractivity contribution < 1.29 is 14.3 Å². The summed E-state index contributed by atoms with van der Waals surface area (Å²) in [6.07, 6.45) is 1.48. The van der Waals surface area contributed by atoms with E-state index in [1.807, 2.05) is 66.7 Å². The van der Waals surface area contributed by atoms with Gasteiger partial charge >= 0.3 is 0 Å². The number of amides is 2. The molecule has 3 aromatic carbocycles. The molecule has 32 heavy (non-hydrogen) atoms. The molecule has 6 heteroatoms. The summed E-state index contributed by atoms with van der Waals surface area (Å²) in [5.74, 6) is -0.595. The van der Waals surface area contributed by atoms with Crippen LogP contribution in [0.25, 0.3) is 6.08 Å². The van der Waals surface area contributed by atoms with Gasteiger partial charge in [-0.3, -0.25) is 9.59 Å². The van der Waals surface area contributed by atoms with Gasteiger partial charge in [-0.2, -0.15) is 5.26 Å². The Labute approximate surface area is 187 Å². The van der Waals surface area contributed by atoms with Gasteiger partial charge in [0.05, 0.1) is 0 Å². The smallest absolute Gasteiger partial charge is 0.257 e. The van der Waals surface area contributed by atoms with Crippen molar-refractivity contribution in [2.24, 2.45) is 0 Å². The number of para-hydroxylation sites is 1. The number of benzene rings is 3. The van der Waals surface area contributed by atoms with Crippen LogP contribution < -0.4 is 15.4 Å². The molecule has 0 atom stereocenters. The summed E-state index contributed by atoms with van der Waals surface area (Å²) in [5.41, 5.74) is 2.32. The molecule has 2 N–H and O–H groups in total. The van der Waals surface area contributed by atoms with E-state index >= 15 is 0 Å². The molecular weight excluding hydrogens is 402 g/mol. The van der Waals surface area contributed by atoms with Gasteiger partial charge < -0.3 is 15.4 Å². The maximum absolute atomic E-state index is 13.0. The summed E-state index contributed by atoms with van der Waals surface area (Å²) in [6, 6.07) is 27.7. The summed E-state index contributed by atoms with van der Waals surface area (Å²) < 4.78 is 5.44. The standard InChI is InChI=1S/C26H23N3O3/c27-15-16-32-24-14-8-7-13-22(24)17-23(25(30)28-18-20-9-3-1-4-10-20)26(31)29-19-21-11-5-2-6-12-21/h1-14,17H,16,18-19H2,(H,28,30)(H,29,31). The first-order chi connectivity index (χ1) is 15.7. The minimum Gasteiger partial charge on any atom is -0.478 e. The number of hydrogen-bond donors (Lipinski definition) is 2. The molecule has 2 amide bonds. The lowest BCUT2D eigenvalue weighted by Crippen LogP contribution is -2.34. The SMILES string of the molecule is N#CCOc1ccccc1C=C(C(=O)NCc1ccccc1)C(=O)NCc1ccccc1. The summed E-state index contributed by atoms with van der Waals surface area (Å²) in [7, 11) is 0. The van der Waals surface area contributed by atoms with Crippen molar-refractivity contribution in [2.75, 3.05) is 6.61 Å². The monoisotopic (exact) mass is 425 g/mol. The van der Waals surface area contributed by atoms with E-state index in [0.29, 0.717) is 11.3 Å². The molecule has 0 spiro atoms. The topological polar surface area (TPSA) is 91.2 Å². The molecule has 0 unspecified atom stereocenters. The van der Waals surface area contributed by atoms with Gasteiger partial charge in [-0.1, -0.05) is 78.9 Å². The molecule has 160 valence electrons. The summed E-state index contributed by atoms with van der Waals surface area (Å²) >= 11 is 0. The molecular formula is C26H23N3O3. The molecule has 6 nitrogen and oxygen atoms in total. The third kappa shape index (κ3) is 6.57. The van der Waals surface area contributed by atoms with Gasteiger partial charge in [-0.25, -0.2) is 0 Å². The molecule has 0 fully saturated rings. The van der Waals surface area contributed by atoms with Gasteiger partial charge in [0.2, 0.25) is 0 Å². The average molecular weight is 425 g/mol. The Kier molecular flexibility index (Phi) is 8.18. The van der Waals surface area contributed by atoms with E-state index in [-0.39, 0.29) is 25.3 Å². The van der Waals surface area contributed by atoms with Crippen LogP contribution in [0.2, 0.25) is 0 Å². The van der Waals surface area contributed by atoms with Crippen molar-refractivity contribution in [3.8, 4) is 11.8 Å². The number of nitrogens with one attached hydrogen (secondary N) is 2. The average Bonchev–Trinajstić information content (AvgIpc) is 2.85. The second kappa shape index (κ2) is 11.7. The number of nitriles is 1. The number of carbonyl (C=O) groups is 2. The van der Waals surface area contributed by atoms with Crippen molar-refractivity contribution in [3.05, 3.63) is 107 Å². The molecule has 3 aromatic rings. The van der Waals surface area contributed by atoms with Gasteiger partial charge in [0.15, 0.2) is 6.61 Å². The number of nitrogens with zero attached hydrogens (tertiary/aromatic N) is 1. The van der Waals surface area contributed by atoms with E-state index in [0.717, 1.165) is 11.1 Å². The van der Waals surface area contributed by atoms with Crippen LogP contribution in [-0.2, 0) is 22.7 Å². The first-order valence-corrected chi connectivity index (χ1v) is 10.1. The zero-order chi connectivity index (χ0) is 22.6. The van der Waals surface area contributed by atoms with Crippen LogP contribution in [0.1, 0.15) is 16.7 Å². The van der Waals surface area contributed by atoms with Gasteiger partial charge in [-0.05, 0) is 23.3 Å². The largest absolute Gasteiger partial charge is 0.478 e. The molecule has 0 heterocycles. The van der Waals surface area contributed by atoms with Crippen LogP contribution in [0.4, 0.5) is 0 Å². The Morgan fingerprint density at radius 3 is 1.81 bits per heavy atom. The van der Waals surface area contributed by atoms with Gasteiger partial charge in [0, 0.05) is 18.7 Å². The molecule has 0 saturated heterocycles. The van der Waals surface area contributed by atoms with Crippen molar-refractivity contribution in [3.63, 3.8) is 0 Å². The normalized spacial score (nSPS) is 9.84. The molecule has 0 aliphatic rings. The molecule has 0 bridgehead atoms. The summed E-state index contributed by atoms with van der Waals surface area (Å²) in [5, 5.41) is 14.4. The Balaban J connectivity index is 1.83. The minimum atomic E-state index is -0.505. The van der Waals surface area contributed by atoms with E-state index in [1.54, 1.807) is 24.3 Å². The van der Waals surface area contributed by atoms with E-state index in [1.165, 1.54) is 6.08 Å². The first kappa shape index (κ1) is 22.3. The third-order valence-electron chi connectivity index (χ3n) is 4.59. The quantitative estimate of drug-likeness (QED) is 0.311.